The molecule has 0 fully saturated rings. The van der Waals surface area contributed by atoms with Crippen LogP contribution >= 0.6 is 63.7 Å². The number of hydrogen-bond acceptors (Lipinski definition) is 4. The third-order valence-electron chi connectivity index (χ3n) is 20.8. The maximum atomic E-state index is 13.7. The van der Waals surface area contributed by atoms with Gasteiger partial charge in [-0.2, -0.15) is 0 Å². The predicted octanol–water partition coefficient (Wildman–Crippen LogP) is 21.3. The van der Waals surface area contributed by atoms with E-state index >= 15 is 0 Å². The summed E-state index contributed by atoms with van der Waals surface area (Å²) in [7, 11) is 0. The third kappa shape index (κ3) is 14.9. The fourth-order valence-corrected chi connectivity index (χ4v) is 15.1. The number of halogens is 4. The normalized spacial score (nSPS) is 18.7. The van der Waals surface area contributed by atoms with Crippen molar-refractivity contribution in [3.63, 3.8) is 0 Å². The molecule has 0 unspecified atom stereocenters. The van der Waals surface area contributed by atoms with Gasteiger partial charge in [-0.3, -0.25) is 0 Å². The number of fused-ring (bicyclic) bond motifs is 8. The summed E-state index contributed by atoms with van der Waals surface area (Å²) in [4.78, 5) is 70.9. The molecule has 1 aliphatic rings. The minimum Gasteiger partial charge on any atom is -0.360 e. The van der Waals surface area contributed by atoms with Gasteiger partial charge in [0, 0.05) is 86.2 Å². The summed E-state index contributed by atoms with van der Waals surface area (Å²) in [5, 5.41) is 24.7. The number of carbonyl (C=O) groups is 4. The summed E-state index contributed by atoms with van der Waals surface area (Å²) in [5.41, 5.74) is 13.5. The Hall–Kier alpha value is -10.1. The number of aromatic nitrogens is 4. The molecule has 104 heavy (non-hydrogen) atoms. The molecule has 8 amide bonds. The summed E-state index contributed by atoms with van der Waals surface area (Å²) in [5.74, 6) is 0. The Labute approximate surface area is 639 Å². The SMILES string of the molecule is C[C@H](NC(=O)Nc1ccc(C2(C)c3ccc([nH]3)C(C)(c3ccc(NC(=O)N[C@@H](C)c4ccc(Br)cc4)cc3)c3ccc([nH]3)C(C)(c3ccc(NC(=O)N[C@@H](C)c4ccc(Br)cc4)cc3)c3ccc([nH]3)C(C)(c3ccc(NC(=O)N[C@@H](C)c4ccc(Br)cc4)cc3)c3ccc2[nH]3)cc1)c1ccc(Br)cc1. The Kier molecular flexibility index (Phi) is 20.8. The second-order valence-corrected chi connectivity index (χ2v) is 31.1. The van der Waals surface area contributed by atoms with Gasteiger partial charge in [0.2, 0.25) is 0 Å². The molecule has 13 rings (SSSR count). The van der Waals surface area contributed by atoms with Crippen LogP contribution in [-0.4, -0.2) is 44.1 Å². The van der Waals surface area contributed by atoms with E-state index < -0.39 is 21.7 Å². The lowest BCUT2D eigenvalue weighted by molar-refractivity contribution is 0.248. The molecule has 4 aromatic heterocycles. The quantitative estimate of drug-likeness (QED) is 0.0453. The lowest BCUT2D eigenvalue weighted by atomic mass is 9.76. The lowest BCUT2D eigenvalue weighted by Gasteiger charge is -2.34. The number of carbonyl (C=O) groups excluding carboxylic acids is 4. The zero-order valence-corrected chi connectivity index (χ0v) is 64.9. The molecular weight excluding hydrogens is 1560 g/mol. The van der Waals surface area contributed by atoms with Crippen LogP contribution in [0.15, 0.2) is 261 Å². The number of nitrogens with one attached hydrogen (secondary N) is 12. The van der Waals surface area contributed by atoms with Gasteiger partial charge in [0.25, 0.3) is 0 Å². The van der Waals surface area contributed by atoms with Crippen molar-refractivity contribution in [1.29, 1.82) is 0 Å². The van der Waals surface area contributed by atoms with Crippen molar-refractivity contribution >= 4 is 111 Å². The van der Waals surface area contributed by atoms with E-state index in [0.717, 1.165) is 108 Å². The molecule has 5 heterocycles. The van der Waals surface area contributed by atoms with Crippen LogP contribution in [0.1, 0.15) is 170 Å². The van der Waals surface area contributed by atoms with Gasteiger partial charge in [0.15, 0.2) is 0 Å². The van der Waals surface area contributed by atoms with Gasteiger partial charge in [0.1, 0.15) is 0 Å². The summed E-state index contributed by atoms with van der Waals surface area (Å²) < 4.78 is 3.83. The third-order valence-corrected chi connectivity index (χ3v) is 22.9. The second-order valence-electron chi connectivity index (χ2n) is 27.4. The highest BCUT2D eigenvalue weighted by Crippen LogP contribution is 2.49. The molecule has 528 valence electrons. The molecule has 8 aromatic carbocycles. The highest BCUT2D eigenvalue weighted by atomic mass is 79.9. The van der Waals surface area contributed by atoms with Crippen LogP contribution in [0, 0.1) is 0 Å². The van der Waals surface area contributed by atoms with Gasteiger partial charge in [-0.1, -0.05) is 161 Å². The highest BCUT2D eigenvalue weighted by molar-refractivity contribution is 9.11. The average molecular weight is 1640 g/mol. The summed E-state index contributed by atoms with van der Waals surface area (Å²) in [6.45, 7) is 16.6. The van der Waals surface area contributed by atoms with E-state index in [1.54, 1.807) is 0 Å². The van der Waals surface area contributed by atoms with Gasteiger partial charge in [0.05, 0.1) is 45.8 Å². The number of urea groups is 4. The van der Waals surface area contributed by atoms with Crippen LogP contribution in [0.25, 0.3) is 0 Å². The molecule has 12 N–H and O–H groups in total. The van der Waals surface area contributed by atoms with E-state index in [1.165, 1.54) is 0 Å². The number of benzene rings is 8. The van der Waals surface area contributed by atoms with Crippen molar-refractivity contribution in [3.8, 4) is 0 Å². The van der Waals surface area contributed by atoms with Crippen molar-refractivity contribution in [2.24, 2.45) is 0 Å². The minimum atomic E-state index is -0.908. The van der Waals surface area contributed by atoms with E-state index in [9.17, 15) is 19.2 Å². The van der Waals surface area contributed by atoms with E-state index in [1.807, 2.05) is 173 Å². The predicted molar refractivity (Wildman–Crippen MR) is 430 cm³/mol. The van der Waals surface area contributed by atoms with E-state index in [2.05, 4.69) is 251 Å². The lowest BCUT2D eigenvalue weighted by Crippen LogP contribution is -2.32. The maximum absolute atomic E-state index is 13.7. The Morgan fingerprint density at radius 3 is 0.558 bits per heavy atom. The topological polar surface area (TPSA) is 228 Å². The summed E-state index contributed by atoms with van der Waals surface area (Å²) in [6, 6.07) is 78.4. The molecule has 0 spiro atoms. The molecular formula is C84H80Br4N12O4. The monoisotopic (exact) mass is 1640 g/mol. The van der Waals surface area contributed by atoms with Gasteiger partial charge < -0.3 is 62.5 Å². The number of amides is 8. The molecule has 4 atom stereocenters. The summed E-state index contributed by atoms with van der Waals surface area (Å²) in [6.07, 6.45) is 0. The zero-order chi connectivity index (χ0) is 73.2. The first kappa shape index (κ1) is 72.2. The Morgan fingerprint density at radius 1 is 0.250 bits per heavy atom. The van der Waals surface area contributed by atoms with Gasteiger partial charge in [-0.15, -0.1) is 0 Å². The fourth-order valence-electron chi connectivity index (χ4n) is 14.1. The summed E-state index contributed by atoms with van der Waals surface area (Å²) >= 11 is 14.1. The van der Waals surface area contributed by atoms with Crippen molar-refractivity contribution in [2.45, 2.75) is 101 Å². The van der Waals surface area contributed by atoms with Crippen LogP contribution < -0.4 is 42.5 Å². The number of aromatic amines is 4. The second kappa shape index (κ2) is 29.9. The first-order chi connectivity index (χ1) is 49.9. The van der Waals surface area contributed by atoms with Crippen LogP contribution in [0.2, 0.25) is 0 Å². The molecule has 0 radical (unpaired) electrons. The van der Waals surface area contributed by atoms with Gasteiger partial charge in [-0.25, -0.2) is 19.2 Å². The van der Waals surface area contributed by atoms with Crippen LogP contribution in [-0.2, 0) is 21.7 Å². The molecule has 0 saturated carbocycles. The zero-order valence-electron chi connectivity index (χ0n) is 58.5. The van der Waals surface area contributed by atoms with Crippen LogP contribution in [0.3, 0.4) is 0 Å². The van der Waals surface area contributed by atoms with E-state index in [4.69, 9.17) is 0 Å². The van der Waals surface area contributed by atoms with Crippen LogP contribution in [0.5, 0.6) is 0 Å². The smallest absolute Gasteiger partial charge is 0.319 e. The number of anilines is 4. The van der Waals surface area contributed by atoms with Gasteiger partial charge >= 0.3 is 24.1 Å². The fraction of sp³-hybridized carbons (Fsp3) is 0.190. The molecule has 16 nitrogen and oxygen atoms in total. The van der Waals surface area contributed by atoms with E-state index in [-0.39, 0.29) is 48.3 Å². The molecule has 0 aliphatic carbocycles. The van der Waals surface area contributed by atoms with Crippen LogP contribution in [0.4, 0.5) is 41.9 Å². The molecule has 8 bridgehead atoms. The number of hydrogen-bond donors (Lipinski definition) is 12. The average Bonchev–Trinajstić information content (AvgIpc) is 1.56. The Morgan fingerprint density at radius 2 is 0.404 bits per heavy atom. The Bertz CT molecular complexity index is 4340. The van der Waals surface area contributed by atoms with Crippen molar-refractivity contribution in [1.82, 2.24) is 41.2 Å². The van der Waals surface area contributed by atoms with E-state index in [0.29, 0.717) is 22.7 Å². The molecule has 1 aliphatic heterocycles. The van der Waals surface area contributed by atoms with Crippen molar-refractivity contribution in [3.05, 3.63) is 351 Å². The highest BCUT2D eigenvalue weighted by Gasteiger charge is 2.44. The van der Waals surface area contributed by atoms with Crippen molar-refractivity contribution < 1.29 is 19.2 Å². The maximum Gasteiger partial charge on any atom is 0.319 e. The first-order valence-electron chi connectivity index (χ1n) is 34.4. The molecule has 12 aromatic rings. The van der Waals surface area contributed by atoms with Crippen molar-refractivity contribution in [2.75, 3.05) is 21.3 Å². The molecule has 20 heteroatoms. The Balaban J connectivity index is 0.915. The van der Waals surface area contributed by atoms with Gasteiger partial charge in [-0.05, 0) is 245 Å². The minimum absolute atomic E-state index is 0.252. The number of rotatable bonds is 16. The largest absolute Gasteiger partial charge is 0.360 e. The first-order valence-corrected chi connectivity index (χ1v) is 37.6. The number of H-pyrrole nitrogens is 4. The standard InChI is InChI=1S/C84H80Br4N12O4/c1-49(53-9-25-61(85)26-10-53)89-77(101)93-65-33-17-57(18-34-65)81(5)69-41-43-71(97-69)82(6,58-19-35-66(36-20-58)94-78(102)90-50(2)54-11-27-62(86)28-12-54)73-45-47-75(99-73)84(8,60-23-39-68(40-24-60)96-80(104)92-52(4)56-15-31-64(88)32-16-56)76-48-46-74(100-76)83(7,72-44-42-70(81)98-72)59-21-37-67(38-22-59)95-79(103)91-51(3)55-13-29-63(87)30-14-55/h9-52,97-100H,1-8H3,(H2,89,93,101)(H2,90,94,102)(H2,91,95,103)(H2,92,96,104)/t49-,50-,51-,52-,81?,82?,83?,84?/m0/s1. The molecule has 0 saturated heterocycles.